The first-order valence-electron chi connectivity index (χ1n) is 8.67. The number of benzene rings is 1. The first-order valence-corrected chi connectivity index (χ1v) is 8.67. The summed E-state index contributed by atoms with van der Waals surface area (Å²) in [4.78, 5) is 16.8. The third-order valence-electron chi connectivity index (χ3n) is 5.07. The predicted molar refractivity (Wildman–Crippen MR) is 88.5 cm³/mol. The number of rotatable bonds is 4. The summed E-state index contributed by atoms with van der Waals surface area (Å²) in [5, 5.41) is 2.97. The molecule has 1 aliphatic carbocycles. The van der Waals surface area contributed by atoms with Crippen LogP contribution in [0.4, 0.5) is 0 Å². The van der Waals surface area contributed by atoms with Crippen LogP contribution in [0.3, 0.4) is 0 Å². The van der Waals surface area contributed by atoms with Crippen molar-refractivity contribution in [1.29, 1.82) is 0 Å². The topological polar surface area (TPSA) is 56.1 Å². The molecule has 1 N–H and O–H groups in total. The molecule has 0 bridgehead atoms. The molecule has 1 saturated heterocycles. The molecular formula is C18H23N3O2. The highest BCUT2D eigenvalue weighted by molar-refractivity contribution is 5.97. The maximum absolute atomic E-state index is 12.3. The lowest BCUT2D eigenvalue weighted by molar-refractivity contribution is 0.0858. The highest BCUT2D eigenvalue weighted by atomic mass is 16.5. The number of imidazole rings is 1. The average Bonchev–Trinajstić information content (AvgIpc) is 3.31. The molecule has 2 aliphatic rings. The maximum atomic E-state index is 12.3. The molecule has 122 valence electrons. The van der Waals surface area contributed by atoms with Crippen molar-refractivity contribution >= 4 is 16.9 Å². The van der Waals surface area contributed by atoms with Gasteiger partial charge in [0.2, 0.25) is 0 Å². The van der Waals surface area contributed by atoms with Gasteiger partial charge in [-0.05, 0) is 43.9 Å². The van der Waals surface area contributed by atoms with Crippen LogP contribution in [0.15, 0.2) is 24.5 Å². The molecule has 1 saturated carbocycles. The molecule has 1 unspecified atom stereocenters. The summed E-state index contributed by atoms with van der Waals surface area (Å²) in [5.74, 6) is -0.0437. The Bertz CT molecular complexity index is 697. The van der Waals surface area contributed by atoms with Crippen LogP contribution in [0.1, 0.15) is 54.9 Å². The highest BCUT2D eigenvalue weighted by Crippen LogP contribution is 2.32. The number of ether oxygens (including phenoxy) is 1. The van der Waals surface area contributed by atoms with Crippen LogP contribution in [0.5, 0.6) is 0 Å². The van der Waals surface area contributed by atoms with Crippen molar-refractivity contribution in [2.45, 2.75) is 50.7 Å². The summed E-state index contributed by atoms with van der Waals surface area (Å²) in [5.41, 5.74) is 2.71. The number of hydrogen-bond donors (Lipinski definition) is 1. The number of aromatic nitrogens is 2. The fourth-order valence-corrected chi connectivity index (χ4v) is 3.76. The third-order valence-corrected chi connectivity index (χ3v) is 5.07. The molecule has 5 heteroatoms. The Labute approximate surface area is 136 Å². The lowest BCUT2D eigenvalue weighted by atomic mass is 10.1. The molecule has 0 radical (unpaired) electrons. The van der Waals surface area contributed by atoms with Crippen LogP contribution in [0.25, 0.3) is 11.0 Å². The average molecular weight is 313 g/mol. The number of hydrogen-bond acceptors (Lipinski definition) is 3. The quantitative estimate of drug-likeness (QED) is 0.944. The van der Waals surface area contributed by atoms with Gasteiger partial charge in [-0.2, -0.15) is 0 Å². The Balaban J connectivity index is 1.48. The monoisotopic (exact) mass is 313 g/mol. The molecule has 1 aromatic carbocycles. The SMILES string of the molecule is O=C(NCC1CCCO1)c1ccc2c(c1)ncn2C1CCCC1. The van der Waals surface area contributed by atoms with Gasteiger partial charge in [0.25, 0.3) is 5.91 Å². The first kappa shape index (κ1) is 14.7. The Hall–Kier alpha value is -1.88. The molecule has 1 atom stereocenters. The molecule has 2 heterocycles. The molecule has 1 aromatic heterocycles. The highest BCUT2D eigenvalue weighted by Gasteiger charge is 2.20. The zero-order valence-corrected chi connectivity index (χ0v) is 13.3. The minimum Gasteiger partial charge on any atom is -0.376 e. The van der Waals surface area contributed by atoms with Gasteiger partial charge >= 0.3 is 0 Å². The van der Waals surface area contributed by atoms with Gasteiger partial charge in [-0.25, -0.2) is 4.98 Å². The standard InChI is InChI=1S/C18H23N3O2/c22-18(19-11-15-6-3-9-23-15)13-7-8-17-16(10-13)20-12-21(17)14-4-1-2-5-14/h7-8,10,12,14-15H,1-6,9,11H2,(H,19,22). The number of carbonyl (C=O) groups excluding carboxylic acids is 1. The predicted octanol–water partition coefficient (Wildman–Crippen LogP) is 3.06. The third kappa shape index (κ3) is 2.98. The second-order valence-corrected chi connectivity index (χ2v) is 6.64. The summed E-state index contributed by atoms with van der Waals surface area (Å²) in [7, 11) is 0. The smallest absolute Gasteiger partial charge is 0.251 e. The fraction of sp³-hybridized carbons (Fsp3) is 0.556. The maximum Gasteiger partial charge on any atom is 0.251 e. The zero-order chi connectivity index (χ0) is 15.6. The molecule has 1 aliphatic heterocycles. The fourth-order valence-electron chi connectivity index (χ4n) is 3.76. The Morgan fingerprint density at radius 1 is 1.26 bits per heavy atom. The van der Waals surface area contributed by atoms with E-state index >= 15 is 0 Å². The number of fused-ring (bicyclic) bond motifs is 1. The Kier molecular flexibility index (Phi) is 4.04. The van der Waals surface area contributed by atoms with Gasteiger partial charge in [0.05, 0.1) is 23.5 Å². The van der Waals surface area contributed by atoms with Crippen LogP contribution < -0.4 is 5.32 Å². The number of amides is 1. The van der Waals surface area contributed by atoms with E-state index in [4.69, 9.17) is 4.74 Å². The van der Waals surface area contributed by atoms with E-state index in [-0.39, 0.29) is 12.0 Å². The number of nitrogens with zero attached hydrogens (tertiary/aromatic N) is 2. The van der Waals surface area contributed by atoms with Gasteiger partial charge in [0.1, 0.15) is 0 Å². The summed E-state index contributed by atoms with van der Waals surface area (Å²) in [6.07, 6.45) is 9.28. The van der Waals surface area contributed by atoms with E-state index < -0.39 is 0 Å². The van der Waals surface area contributed by atoms with Crippen molar-refractivity contribution in [1.82, 2.24) is 14.9 Å². The second-order valence-electron chi connectivity index (χ2n) is 6.64. The summed E-state index contributed by atoms with van der Waals surface area (Å²) < 4.78 is 7.81. The largest absolute Gasteiger partial charge is 0.376 e. The second kappa shape index (κ2) is 6.32. The molecule has 2 fully saturated rings. The van der Waals surface area contributed by atoms with Crippen LogP contribution in [0, 0.1) is 0 Å². The van der Waals surface area contributed by atoms with Gasteiger partial charge < -0.3 is 14.6 Å². The number of nitrogens with one attached hydrogen (secondary N) is 1. The zero-order valence-electron chi connectivity index (χ0n) is 13.3. The normalized spacial score (nSPS) is 22.0. The van der Waals surface area contributed by atoms with Crippen LogP contribution in [-0.4, -0.2) is 34.7 Å². The molecule has 5 nitrogen and oxygen atoms in total. The lowest BCUT2D eigenvalue weighted by Crippen LogP contribution is -2.31. The minimum atomic E-state index is -0.0437. The van der Waals surface area contributed by atoms with Crippen molar-refractivity contribution in [3.8, 4) is 0 Å². The molecule has 1 amide bonds. The van der Waals surface area contributed by atoms with Crippen LogP contribution in [-0.2, 0) is 4.74 Å². The summed E-state index contributed by atoms with van der Waals surface area (Å²) >= 11 is 0. The van der Waals surface area contributed by atoms with Crippen molar-refractivity contribution < 1.29 is 9.53 Å². The minimum absolute atomic E-state index is 0.0437. The molecule has 0 spiro atoms. The van der Waals surface area contributed by atoms with E-state index in [1.54, 1.807) is 0 Å². The molecule has 2 aromatic rings. The van der Waals surface area contributed by atoms with E-state index in [2.05, 4.69) is 14.9 Å². The lowest BCUT2D eigenvalue weighted by Gasteiger charge is -2.13. The molecular weight excluding hydrogens is 290 g/mol. The van der Waals surface area contributed by atoms with Crippen molar-refractivity contribution in [2.75, 3.05) is 13.2 Å². The summed E-state index contributed by atoms with van der Waals surface area (Å²) in [6.45, 7) is 1.40. The van der Waals surface area contributed by atoms with E-state index in [0.717, 1.165) is 30.5 Å². The van der Waals surface area contributed by atoms with Gasteiger partial charge in [-0.1, -0.05) is 12.8 Å². The first-order chi connectivity index (χ1) is 11.3. The molecule has 23 heavy (non-hydrogen) atoms. The van der Waals surface area contributed by atoms with Crippen molar-refractivity contribution in [3.63, 3.8) is 0 Å². The van der Waals surface area contributed by atoms with E-state index in [1.165, 1.54) is 25.7 Å². The number of carbonyl (C=O) groups is 1. The van der Waals surface area contributed by atoms with Gasteiger partial charge in [0, 0.05) is 24.8 Å². The van der Waals surface area contributed by atoms with Crippen LogP contribution >= 0.6 is 0 Å². The van der Waals surface area contributed by atoms with E-state index in [9.17, 15) is 4.79 Å². The van der Waals surface area contributed by atoms with E-state index in [0.29, 0.717) is 18.2 Å². The molecule has 4 rings (SSSR count). The van der Waals surface area contributed by atoms with Crippen LogP contribution in [0.2, 0.25) is 0 Å². The van der Waals surface area contributed by atoms with Gasteiger partial charge in [-0.3, -0.25) is 4.79 Å². The van der Waals surface area contributed by atoms with Gasteiger partial charge in [-0.15, -0.1) is 0 Å². The van der Waals surface area contributed by atoms with Crippen molar-refractivity contribution in [3.05, 3.63) is 30.1 Å². The van der Waals surface area contributed by atoms with Crippen molar-refractivity contribution in [2.24, 2.45) is 0 Å². The van der Waals surface area contributed by atoms with Gasteiger partial charge in [0.15, 0.2) is 0 Å². The Morgan fingerprint density at radius 3 is 2.91 bits per heavy atom. The Morgan fingerprint density at radius 2 is 2.13 bits per heavy atom. The van der Waals surface area contributed by atoms with E-state index in [1.807, 2.05) is 24.5 Å². The summed E-state index contributed by atoms with van der Waals surface area (Å²) in [6, 6.07) is 6.40.